The third kappa shape index (κ3) is 3.23. The van der Waals surface area contributed by atoms with Gasteiger partial charge >= 0.3 is 0 Å². The molecule has 1 aromatic heterocycles. The standard InChI is InChI=1S/C11H19N3O3S/c1-9(2)18(15,16)13-10-6-12-14(7-10)8-11-4-3-5-17-11/h6-7,9,11,13H,3-5,8H2,1-2H3. The Morgan fingerprint density at radius 3 is 3.00 bits per heavy atom. The first-order valence-electron chi connectivity index (χ1n) is 6.13. The van der Waals surface area contributed by atoms with Gasteiger partial charge in [-0.25, -0.2) is 8.42 Å². The van der Waals surface area contributed by atoms with E-state index in [0.717, 1.165) is 19.4 Å². The molecule has 102 valence electrons. The second kappa shape index (κ2) is 5.27. The smallest absolute Gasteiger partial charge is 0.235 e. The lowest BCUT2D eigenvalue weighted by Gasteiger charge is -2.09. The van der Waals surface area contributed by atoms with E-state index in [1.54, 1.807) is 24.7 Å². The number of rotatable bonds is 5. The summed E-state index contributed by atoms with van der Waals surface area (Å²) in [5.41, 5.74) is 0.502. The van der Waals surface area contributed by atoms with Gasteiger partial charge in [0.05, 0.1) is 29.8 Å². The van der Waals surface area contributed by atoms with Gasteiger partial charge in [0.25, 0.3) is 0 Å². The van der Waals surface area contributed by atoms with Crippen molar-refractivity contribution in [1.82, 2.24) is 9.78 Å². The number of aromatic nitrogens is 2. The fourth-order valence-corrected chi connectivity index (χ4v) is 2.46. The van der Waals surface area contributed by atoms with Crippen molar-refractivity contribution in [1.29, 1.82) is 0 Å². The van der Waals surface area contributed by atoms with Gasteiger partial charge in [0, 0.05) is 12.8 Å². The maximum atomic E-state index is 11.7. The number of ether oxygens (including phenoxy) is 1. The summed E-state index contributed by atoms with van der Waals surface area (Å²) in [5, 5.41) is 3.67. The van der Waals surface area contributed by atoms with Gasteiger partial charge < -0.3 is 4.74 Å². The zero-order valence-corrected chi connectivity index (χ0v) is 11.5. The van der Waals surface area contributed by atoms with Crippen molar-refractivity contribution in [2.24, 2.45) is 0 Å². The Bertz CT molecular complexity index is 489. The number of anilines is 1. The molecule has 0 bridgehead atoms. The molecule has 2 rings (SSSR count). The minimum atomic E-state index is -3.30. The van der Waals surface area contributed by atoms with Gasteiger partial charge in [0.1, 0.15) is 0 Å². The summed E-state index contributed by atoms with van der Waals surface area (Å²) >= 11 is 0. The predicted octanol–water partition coefficient (Wildman–Crippen LogP) is 1.21. The van der Waals surface area contributed by atoms with Crippen LogP contribution in [0.15, 0.2) is 12.4 Å². The zero-order chi connectivity index (χ0) is 13.2. The molecule has 1 saturated heterocycles. The second-order valence-electron chi connectivity index (χ2n) is 4.78. The first kappa shape index (κ1) is 13.4. The lowest BCUT2D eigenvalue weighted by atomic mass is 10.2. The topological polar surface area (TPSA) is 73.2 Å². The van der Waals surface area contributed by atoms with Crippen LogP contribution in [-0.4, -0.2) is 36.2 Å². The Morgan fingerprint density at radius 1 is 1.61 bits per heavy atom. The minimum Gasteiger partial charge on any atom is -0.376 e. The van der Waals surface area contributed by atoms with Gasteiger partial charge in [-0.05, 0) is 26.7 Å². The van der Waals surface area contributed by atoms with Crippen LogP contribution in [-0.2, 0) is 21.3 Å². The first-order chi connectivity index (χ1) is 8.47. The first-order valence-corrected chi connectivity index (χ1v) is 7.68. The van der Waals surface area contributed by atoms with E-state index in [2.05, 4.69) is 9.82 Å². The Morgan fingerprint density at radius 2 is 2.39 bits per heavy atom. The molecule has 1 aromatic rings. The SMILES string of the molecule is CC(C)S(=O)(=O)Nc1cnn(CC2CCCO2)c1. The van der Waals surface area contributed by atoms with Crippen LogP contribution in [0.25, 0.3) is 0 Å². The molecule has 6 nitrogen and oxygen atoms in total. The molecule has 1 atom stereocenters. The van der Waals surface area contributed by atoms with Crippen LogP contribution in [0.4, 0.5) is 5.69 Å². The van der Waals surface area contributed by atoms with E-state index in [0.29, 0.717) is 12.2 Å². The van der Waals surface area contributed by atoms with Gasteiger partial charge in [-0.15, -0.1) is 0 Å². The maximum Gasteiger partial charge on any atom is 0.235 e. The summed E-state index contributed by atoms with van der Waals surface area (Å²) < 4.78 is 33.1. The number of hydrogen-bond acceptors (Lipinski definition) is 4. The van der Waals surface area contributed by atoms with Crippen molar-refractivity contribution in [3.05, 3.63) is 12.4 Å². The Kier molecular flexibility index (Phi) is 3.91. The maximum absolute atomic E-state index is 11.7. The molecule has 2 heterocycles. The fourth-order valence-electron chi connectivity index (χ4n) is 1.80. The normalized spacial score (nSPS) is 20.5. The summed E-state index contributed by atoms with van der Waals surface area (Å²) in [4.78, 5) is 0. The predicted molar refractivity (Wildman–Crippen MR) is 68.9 cm³/mol. The fraction of sp³-hybridized carbons (Fsp3) is 0.727. The van der Waals surface area contributed by atoms with Crippen LogP contribution in [0, 0.1) is 0 Å². The number of sulfonamides is 1. The Balaban J connectivity index is 1.97. The van der Waals surface area contributed by atoms with E-state index in [9.17, 15) is 8.42 Å². The van der Waals surface area contributed by atoms with Gasteiger partial charge in [-0.2, -0.15) is 5.10 Å². The Hall–Kier alpha value is -1.08. The molecule has 0 saturated carbocycles. The van der Waals surface area contributed by atoms with Crippen molar-refractivity contribution in [3.8, 4) is 0 Å². The minimum absolute atomic E-state index is 0.194. The van der Waals surface area contributed by atoms with E-state index in [4.69, 9.17) is 4.74 Å². The summed E-state index contributed by atoms with van der Waals surface area (Å²) in [6.45, 7) is 4.75. The third-order valence-electron chi connectivity index (χ3n) is 2.93. The van der Waals surface area contributed by atoms with E-state index < -0.39 is 15.3 Å². The van der Waals surface area contributed by atoms with Crippen LogP contribution in [0.2, 0.25) is 0 Å². The van der Waals surface area contributed by atoms with E-state index in [1.165, 1.54) is 6.20 Å². The molecule has 7 heteroatoms. The molecule has 0 amide bonds. The van der Waals surface area contributed by atoms with Gasteiger partial charge in [0.15, 0.2) is 0 Å². The molecule has 0 spiro atoms. The van der Waals surface area contributed by atoms with Crippen LogP contribution in [0.5, 0.6) is 0 Å². The number of nitrogens with zero attached hydrogens (tertiary/aromatic N) is 2. The molecule has 0 radical (unpaired) electrons. The van der Waals surface area contributed by atoms with Crippen molar-refractivity contribution in [3.63, 3.8) is 0 Å². The third-order valence-corrected chi connectivity index (χ3v) is 4.69. The monoisotopic (exact) mass is 273 g/mol. The highest BCUT2D eigenvalue weighted by Crippen LogP contribution is 2.16. The highest BCUT2D eigenvalue weighted by molar-refractivity contribution is 7.93. The summed E-state index contributed by atoms with van der Waals surface area (Å²) in [5.74, 6) is 0. The molecular weight excluding hydrogens is 254 g/mol. The molecule has 18 heavy (non-hydrogen) atoms. The lowest BCUT2D eigenvalue weighted by Crippen LogP contribution is -2.22. The van der Waals surface area contributed by atoms with Gasteiger partial charge in [0.2, 0.25) is 10.0 Å². The quantitative estimate of drug-likeness (QED) is 0.875. The van der Waals surface area contributed by atoms with E-state index in [-0.39, 0.29) is 6.10 Å². The van der Waals surface area contributed by atoms with Crippen molar-refractivity contribution in [2.75, 3.05) is 11.3 Å². The number of nitrogens with one attached hydrogen (secondary N) is 1. The van der Waals surface area contributed by atoms with Gasteiger partial charge in [-0.3, -0.25) is 9.40 Å². The Labute approximate surface area is 107 Å². The molecule has 0 aliphatic carbocycles. The highest BCUT2D eigenvalue weighted by atomic mass is 32.2. The van der Waals surface area contributed by atoms with Crippen LogP contribution >= 0.6 is 0 Å². The molecule has 1 aliphatic rings. The van der Waals surface area contributed by atoms with Crippen molar-refractivity contribution < 1.29 is 13.2 Å². The van der Waals surface area contributed by atoms with Crippen molar-refractivity contribution in [2.45, 2.75) is 44.6 Å². The van der Waals surface area contributed by atoms with Crippen LogP contribution in [0.1, 0.15) is 26.7 Å². The molecule has 1 unspecified atom stereocenters. The van der Waals surface area contributed by atoms with Crippen molar-refractivity contribution >= 4 is 15.7 Å². The van der Waals surface area contributed by atoms with E-state index >= 15 is 0 Å². The molecule has 1 aliphatic heterocycles. The zero-order valence-electron chi connectivity index (χ0n) is 10.7. The van der Waals surface area contributed by atoms with Crippen LogP contribution in [0.3, 0.4) is 0 Å². The summed E-state index contributed by atoms with van der Waals surface area (Å²) in [6.07, 6.45) is 5.53. The average molecular weight is 273 g/mol. The average Bonchev–Trinajstić information content (AvgIpc) is 2.90. The largest absolute Gasteiger partial charge is 0.376 e. The molecular formula is C11H19N3O3S. The number of hydrogen-bond donors (Lipinski definition) is 1. The van der Waals surface area contributed by atoms with Crippen LogP contribution < -0.4 is 4.72 Å². The van der Waals surface area contributed by atoms with Gasteiger partial charge in [-0.1, -0.05) is 0 Å². The molecule has 1 N–H and O–H groups in total. The highest BCUT2D eigenvalue weighted by Gasteiger charge is 2.18. The summed E-state index contributed by atoms with van der Waals surface area (Å²) in [7, 11) is -3.30. The molecule has 1 fully saturated rings. The second-order valence-corrected chi connectivity index (χ2v) is 7.02. The van der Waals surface area contributed by atoms with E-state index in [1.807, 2.05) is 0 Å². The molecule has 0 aromatic carbocycles. The lowest BCUT2D eigenvalue weighted by molar-refractivity contribution is 0.0940. The summed E-state index contributed by atoms with van der Waals surface area (Å²) in [6, 6.07) is 0.